The zero-order chi connectivity index (χ0) is 19.4. The minimum absolute atomic E-state index is 0. The van der Waals surface area contributed by atoms with Gasteiger partial charge in [0.25, 0.3) is 0 Å². The second-order valence-corrected chi connectivity index (χ2v) is 9.29. The molecule has 1 aromatic rings. The number of β-amino-alcohol motifs (C(OH)–C–C–N with tert-alkyl or cyclic N) is 1. The molecule has 1 aromatic carbocycles. The molecule has 0 bridgehead atoms. The number of piperazine rings is 1. The second kappa shape index (κ2) is 11.7. The fraction of sp³-hybridized carbons (Fsp3) is 0.727. The van der Waals surface area contributed by atoms with Crippen molar-refractivity contribution < 1.29 is 14.2 Å². The Balaban J connectivity index is 0.00000210. The number of hydrogen-bond donors (Lipinski definition) is 1. The average Bonchev–Trinajstić information content (AvgIpc) is 2.60. The molecule has 1 heterocycles. The fourth-order valence-corrected chi connectivity index (χ4v) is 4.82. The quantitative estimate of drug-likeness (QED) is 0.696. The Morgan fingerprint density at radius 3 is 2.31 bits per heavy atom. The summed E-state index contributed by atoms with van der Waals surface area (Å²) in [5.41, 5.74) is 1.40. The van der Waals surface area contributed by atoms with Crippen LogP contribution in [0.15, 0.2) is 24.3 Å². The number of hydrogen-bond acceptors (Lipinski definition) is 4. The highest BCUT2D eigenvalue weighted by atomic mass is 35.5. The molecule has 3 atom stereocenters. The van der Waals surface area contributed by atoms with E-state index in [-0.39, 0.29) is 36.7 Å². The highest BCUT2D eigenvalue weighted by molar-refractivity contribution is 5.85. The Hall–Kier alpha value is -0.590. The van der Waals surface area contributed by atoms with Crippen LogP contribution in [0.1, 0.15) is 40.0 Å². The zero-order valence-electron chi connectivity index (χ0n) is 17.8. The van der Waals surface area contributed by atoms with Gasteiger partial charge < -0.3 is 14.7 Å². The molecule has 29 heavy (non-hydrogen) atoms. The lowest BCUT2D eigenvalue weighted by Crippen LogP contribution is -2.49. The molecule has 1 saturated heterocycles. The highest BCUT2D eigenvalue weighted by Gasteiger charge is 2.32. The first-order chi connectivity index (χ1) is 12.8. The molecule has 3 unspecified atom stereocenters. The van der Waals surface area contributed by atoms with Gasteiger partial charge in [-0.2, -0.15) is 0 Å². The van der Waals surface area contributed by atoms with Crippen molar-refractivity contribution in [3.05, 3.63) is 30.1 Å². The third-order valence-electron chi connectivity index (χ3n) is 5.90. The first-order valence-electron chi connectivity index (χ1n) is 10.3. The van der Waals surface area contributed by atoms with Gasteiger partial charge in [-0.1, -0.05) is 20.8 Å². The van der Waals surface area contributed by atoms with Crippen LogP contribution in [-0.4, -0.2) is 61.5 Å². The van der Waals surface area contributed by atoms with E-state index in [1.165, 1.54) is 18.6 Å². The van der Waals surface area contributed by atoms with Crippen molar-refractivity contribution >= 4 is 30.5 Å². The van der Waals surface area contributed by atoms with Crippen LogP contribution in [0.5, 0.6) is 0 Å². The maximum atomic E-state index is 13.1. The molecule has 1 saturated carbocycles. The van der Waals surface area contributed by atoms with Gasteiger partial charge in [0, 0.05) is 38.4 Å². The summed E-state index contributed by atoms with van der Waals surface area (Å²) in [6, 6.07) is 6.69. The number of nitrogens with zero attached hydrogens (tertiary/aromatic N) is 2. The molecule has 168 valence electrons. The SMILES string of the molecule is CC1CC(OCC(O)CN2CCN(c3ccc(F)cc3)CC2)CC(C)(C)C1.Cl.Cl. The number of benzene rings is 1. The van der Waals surface area contributed by atoms with Gasteiger partial charge >= 0.3 is 0 Å². The minimum Gasteiger partial charge on any atom is -0.389 e. The van der Waals surface area contributed by atoms with Crippen molar-refractivity contribution in [3.8, 4) is 0 Å². The summed E-state index contributed by atoms with van der Waals surface area (Å²) >= 11 is 0. The molecule has 1 N–H and O–H groups in total. The first kappa shape index (κ1) is 26.4. The Labute approximate surface area is 187 Å². The average molecular weight is 451 g/mol. The summed E-state index contributed by atoms with van der Waals surface area (Å²) in [4.78, 5) is 4.56. The lowest BCUT2D eigenvalue weighted by molar-refractivity contribution is -0.0615. The summed E-state index contributed by atoms with van der Waals surface area (Å²) in [5.74, 6) is 0.492. The third kappa shape index (κ3) is 8.22. The molecule has 2 aliphatic rings. The molecular formula is C22H37Cl2FN2O2. The van der Waals surface area contributed by atoms with Gasteiger partial charge in [-0.05, 0) is 54.9 Å². The molecule has 7 heteroatoms. The molecule has 1 aliphatic carbocycles. The summed E-state index contributed by atoms with van der Waals surface area (Å²) in [6.45, 7) is 11.6. The fourth-order valence-electron chi connectivity index (χ4n) is 4.82. The predicted octanol–water partition coefficient (Wildman–Crippen LogP) is 4.38. The standard InChI is InChI=1S/C22H35FN2O2.2ClH/c1-17-12-21(14-22(2,3)13-17)27-16-20(26)15-24-8-10-25(11-9-24)19-6-4-18(23)5-7-19;;/h4-7,17,20-21,26H,8-16H2,1-3H3;2*1H. The van der Waals surface area contributed by atoms with Crippen LogP contribution < -0.4 is 4.90 Å². The van der Waals surface area contributed by atoms with E-state index in [2.05, 4.69) is 30.6 Å². The summed E-state index contributed by atoms with van der Waals surface area (Å²) < 4.78 is 19.1. The van der Waals surface area contributed by atoms with Crippen LogP contribution in [0, 0.1) is 17.2 Å². The highest BCUT2D eigenvalue weighted by Crippen LogP contribution is 2.39. The molecule has 0 spiro atoms. The number of anilines is 1. The van der Waals surface area contributed by atoms with Crippen molar-refractivity contribution in [2.45, 2.75) is 52.2 Å². The normalized spacial score (nSPS) is 25.6. The van der Waals surface area contributed by atoms with Gasteiger partial charge in [0.05, 0.1) is 18.8 Å². The van der Waals surface area contributed by atoms with Crippen molar-refractivity contribution in [2.75, 3.05) is 44.2 Å². The van der Waals surface area contributed by atoms with Crippen molar-refractivity contribution in [2.24, 2.45) is 11.3 Å². The van der Waals surface area contributed by atoms with Gasteiger partial charge in [0.15, 0.2) is 0 Å². The maximum Gasteiger partial charge on any atom is 0.123 e. The number of ether oxygens (including phenoxy) is 1. The van der Waals surface area contributed by atoms with Crippen LogP contribution in [-0.2, 0) is 4.74 Å². The number of aliphatic hydroxyl groups is 1. The van der Waals surface area contributed by atoms with Crippen LogP contribution >= 0.6 is 24.8 Å². The zero-order valence-corrected chi connectivity index (χ0v) is 19.5. The van der Waals surface area contributed by atoms with Gasteiger partial charge in [0.2, 0.25) is 0 Å². The molecule has 4 nitrogen and oxygen atoms in total. The molecule has 0 radical (unpaired) electrons. The van der Waals surface area contributed by atoms with E-state index in [0.717, 1.165) is 44.7 Å². The monoisotopic (exact) mass is 450 g/mol. The Kier molecular flexibility index (Phi) is 10.7. The number of halogens is 3. The minimum atomic E-state index is -0.442. The summed E-state index contributed by atoms with van der Waals surface area (Å²) in [7, 11) is 0. The van der Waals surface area contributed by atoms with Gasteiger partial charge in [-0.25, -0.2) is 4.39 Å². The van der Waals surface area contributed by atoms with Crippen LogP contribution in [0.4, 0.5) is 10.1 Å². The lowest BCUT2D eigenvalue weighted by atomic mass is 9.71. The molecular weight excluding hydrogens is 414 g/mol. The van der Waals surface area contributed by atoms with E-state index in [1.807, 2.05) is 12.1 Å². The third-order valence-corrected chi connectivity index (χ3v) is 5.90. The van der Waals surface area contributed by atoms with Crippen LogP contribution in [0.3, 0.4) is 0 Å². The molecule has 1 aliphatic heterocycles. The van der Waals surface area contributed by atoms with Crippen LogP contribution in [0.25, 0.3) is 0 Å². The topological polar surface area (TPSA) is 35.9 Å². The van der Waals surface area contributed by atoms with Gasteiger partial charge in [0.1, 0.15) is 5.82 Å². The van der Waals surface area contributed by atoms with E-state index >= 15 is 0 Å². The molecule has 2 fully saturated rings. The van der Waals surface area contributed by atoms with Crippen LogP contribution in [0.2, 0.25) is 0 Å². The smallest absolute Gasteiger partial charge is 0.123 e. The van der Waals surface area contributed by atoms with Crippen molar-refractivity contribution in [1.82, 2.24) is 4.90 Å². The summed E-state index contributed by atoms with van der Waals surface area (Å²) in [6.07, 6.45) is 3.28. The van der Waals surface area contributed by atoms with E-state index in [0.29, 0.717) is 24.5 Å². The predicted molar refractivity (Wildman–Crippen MR) is 122 cm³/mol. The lowest BCUT2D eigenvalue weighted by Gasteiger charge is -2.39. The molecule has 3 rings (SSSR count). The maximum absolute atomic E-state index is 13.1. The van der Waals surface area contributed by atoms with E-state index in [1.54, 1.807) is 0 Å². The van der Waals surface area contributed by atoms with E-state index in [9.17, 15) is 9.50 Å². The second-order valence-electron chi connectivity index (χ2n) is 9.29. The number of rotatable bonds is 6. The summed E-state index contributed by atoms with van der Waals surface area (Å²) in [5, 5.41) is 10.4. The Bertz CT molecular complexity index is 595. The van der Waals surface area contributed by atoms with Gasteiger partial charge in [-0.3, -0.25) is 4.90 Å². The number of aliphatic hydroxyl groups excluding tert-OH is 1. The van der Waals surface area contributed by atoms with E-state index in [4.69, 9.17) is 4.74 Å². The first-order valence-corrected chi connectivity index (χ1v) is 10.3. The van der Waals surface area contributed by atoms with E-state index < -0.39 is 6.10 Å². The largest absolute Gasteiger partial charge is 0.389 e. The molecule has 0 amide bonds. The Morgan fingerprint density at radius 2 is 1.72 bits per heavy atom. The van der Waals surface area contributed by atoms with Crippen molar-refractivity contribution in [3.63, 3.8) is 0 Å². The molecule has 0 aromatic heterocycles. The van der Waals surface area contributed by atoms with Crippen molar-refractivity contribution in [1.29, 1.82) is 0 Å². The Morgan fingerprint density at radius 1 is 1.10 bits per heavy atom. The van der Waals surface area contributed by atoms with Gasteiger partial charge in [-0.15, -0.1) is 24.8 Å².